The van der Waals surface area contributed by atoms with Gasteiger partial charge in [-0.15, -0.1) is 0 Å². The number of unbranched alkanes of at least 4 members (excludes halogenated alkanes) is 7. The van der Waals surface area contributed by atoms with Crippen LogP contribution in [0.1, 0.15) is 129 Å². The van der Waals surface area contributed by atoms with Crippen LogP contribution >= 0.6 is 7.82 Å². The van der Waals surface area contributed by atoms with Crippen LogP contribution in [-0.2, 0) is 32.7 Å². The number of hydrogen-bond acceptors (Lipinski definition) is 12. The fourth-order valence-electron chi connectivity index (χ4n) is 5.82. The van der Waals surface area contributed by atoms with E-state index in [1.54, 1.807) is 0 Å². The van der Waals surface area contributed by atoms with Crippen molar-refractivity contribution in [1.82, 2.24) is 0 Å². The standard InChI is InChI=1S/C45H73O13P/c1-3-5-7-9-11-13-15-17-19-21-23-25-27-29-31-33-38(46)55-35-37(36-56-59(53,54)58-45-43(51)41(49)40(48)42(50)44(45)52)57-39(47)34-32-30-28-26-24-22-20-18-16-14-12-10-8-6-4-2/h5-8,11-14,17-20,23,25,37,40-45,48-52H,3-4,9-10,15-16,21-22,24,26-36H2,1-2H3,(H,53,54)/b7-5+,8-6+,13-11+,14-12+,19-17+,20-18+,25-23+/t37-,40?,41-,42?,43?,44?,45?/m1/s1. The molecular formula is C45H73O13P. The molecule has 1 rings (SSSR count). The minimum Gasteiger partial charge on any atom is -0.462 e. The van der Waals surface area contributed by atoms with Gasteiger partial charge in [0.15, 0.2) is 6.10 Å². The lowest BCUT2D eigenvalue weighted by Crippen LogP contribution is -2.64. The fourth-order valence-corrected chi connectivity index (χ4v) is 6.79. The summed E-state index contributed by atoms with van der Waals surface area (Å²) in [5.41, 5.74) is 0. The molecule has 1 aliphatic rings. The Morgan fingerprint density at radius 2 is 0.915 bits per heavy atom. The number of aliphatic hydroxyl groups is 5. The third kappa shape index (κ3) is 27.5. The van der Waals surface area contributed by atoms with E-state index in [0.29, 0.717) is 12.8 Å². The Labute approximate surface area is 352 Å². The molecule has 0 aromatic carbocycles. The smallest absolute Gasteiger partial charge is 0.462 e. The SMILES string of the molecule is CC/C=C/C/C=C/C/C=C/C/C=C/CCCCC(=O)OC[C@H](COP(=O)(O)OC1C(O)C(O)C(O)[C@@H](O)C1O)OC(=O)CCCCCCC/C=C/C/C=C/C/C=C/CC. The summed E-state index contributed by atoms with van der Waals surface area (Å²) in [7, 11) is -5.13. The normalized spacial score (nSPS) is 23.2. The summed E-state index contributed by atoms with van der Waals surface area (Å²) in [5, 5.41) is 50.1. The van der Waals surface area contributed by atoms with E-state index in [-0.39, 0.29) is 12.8 Å². The van der Waals surface area contributed by atoms with Crippen molar-refractivity contribution in [3.63, 3.8) is 0 Å². The van der Waals surface area contributed by atoms with Crippen molar-refractivity contribution >= 4 is 19.8 Å². The van der Waals surface area contributed by atoms with Crippen LogP contribution in [0.15, 0.2) is 85.1 Å². The number of carbonyl (C=O) groups excluding carboxylic acids is 2. The second-order valence-electron chi connectivity index (χ2n) is 14.4. The highest BCUT2D eigenvalue weighted by Gasteiger charge is 2.51. The highest BCUT2D eigenvalue weighted by Crippen LogP contribution is 2.47. The van der Waals surface area contributed by atoms with Gasteiger partial charge >= 0.3 is 19.8 Å². The molecular weight excluding hydrogens is 779 g/mol. The van der Waals surface area contributed by atoms with Gasteiger partial charge in [-0.25, -0.2) is 4.57 Å². The van der Waals surface area contributed by atoms with Gasteiger partial charge in [0.1, 0.15) is 43.2 Å². The second-order valence-corrected chi connectivity index (χ2v) is 15.8. The molecule has 6 N–H and O–H groups in total. The maximum atomic E-state index is 12.8. The molecule has 0 radical (unpaired) electrons. The maximum absolute atomic E-state index is 12.8. The van der Waals surface area contributed by atoms with Gasteiger partial charge in [0.2, 0.25) is 0 Å². The number of hydrogen-bond donors (Lipinski definition) is 6. The quantitative estimate of drug-likeness (QED) is 0.0162. The molecule has 14 heteroatoms. The largest absolute Gasteiger partial charge is 0.472 e. The molecule has 0 aromatic rings. The van der Waals surface area contributed by atoms with E-state index in [1.165, 1.54) is 0 Å². The van der Waals surface area contributed by atoms with E-state index in [4.69, 9.17) is 18.5 Å². The lowest BCUT2D eigenvalue weighted by molar-refractivity contribution is -0.220. The van der Waals surface area contributed by atoms with E-state index in [2.05, 4.69) is 98.9 Å². The highest BCUT2D eigenvalue weighted by molar-refractivity contribution is 7.47. The molecule has 0 aromatic heterocycles. The van der Waals surface area contributed by atoms with Gasteiger partial charge in [0.25, 0.3) is 0 Å². The lowest BCUT2D eigenvalue weighted by Gasteiger charge is -2.41. The number of aliphatic hydroxyl groups excluding tert-OH is 5. The zero-order chi connectivity index (χ0) is 43.6. The molecule has 8 atom stereocenters. The van der Waals surface area contributed by atoms with Gasteiger partial charge in [-0.2, -0.15) is 0 Å². The molecule has 13 nitrogen and oxygen atoms in total. The Bertz CT molecular complexity index is 1360. The van der Waals surface area contributed by atoms with Crippen LogP contribution in [-0.4, -0.2) is 98.3 Å². The van der Waals surface area contributed by atoms with Gasteiger partial charge < -0.3 is 39.9 Å². The molecule has 0 bridgehead atoms. The lowest BCUT2D eigenvalue weighted by atomic mass is 9.85. The Kier molecular flexibility index (Phi) is 31.8. The molecule has 1 saturated carbocycles. The van der Waals surface area contributed by atoms with Crippen LogP contribution in [0.5, 0.6) is 0 Å². The van der Waals surface area contributed by atoms with Gasteiger partial charge in [0, 0.05) is 12.8 Å². The minimum atomic E-state index is -5.13. The molecule has 6 unspecified atom stereocenters. The Morgan fingerprint density at radius 1 is 0.525 bits per heavy atom. The molecule has 0 saturated heterocycles. The van der Waals surface area contributed by atoms with Gasteiger partial charge in [-0.1, -0.05) is 118 Å². The predicted octanol–water partition coefficient (Wildman–Crippen LogP) is 7.72. The minimum absolute atomic E-state index is 0.0628. The van der Waals surface area contributed by atoms with Crippen LogP contribution < -0.4 is 0 Å². The maximum Gasteiger partial charge on any atom is 0.472 e. The van der Waals surface area contributed by atoms with Crippen LogP contribution in [0.4, 0.5) is 0 Å². The second kappa shape index (κ2) is 34.7. The first-order valence-electron chi connectivity index (χ1n) is 21.4. The molecule has 0 aliphatic heterocycles. The fraction of sp³-hybridized carbons (Fsp3) is 0.644. The van der Waals surface area contributed by atoms with E-state index in [9.17, 15) is 44.6 Å². The summed E-state index contributed by atoms with van der Waals surface area (Å²) >= 11 is 0. The van der Waals surface area contributed by atoms with Gasteiger partial charge in [0.05, 0.1) is 6.61 Å². The van der Waals surface area contributed by atoms with Crippen LogP contribution in [0, 0.1) is 0 Å². The number of phosphoric ester groups is 1. The summed E-state index contributed by atoms with van der Waals surface area (Å²) in [6.07, 6.45) is 30.7. The Balaban J connectivity index is 2.55. The van der Waals surface area contributed by atoms with E-state index >= 15 is 0 Å². The van der Waals surface area contributed by atoms with Crippen molar-refractivity contribution in [3.8, 4) is 0 Å². The predicted molar refractivity (Wildman–Crippen MR) is 230 cm³/mol. The van der Waals surface area contributed by atoms with Crippen molar-refractivity contribution in [3.05, 3.63) is 85.1 Å². The molecule has 1 fully saturated rings. The summed E-state index contributed by atoms with van der Waals surface area (Å²) in [6, 6.07) is 0. The molecule has 59 heavy (non-hydrogen) atoms. The first-order valence-corrected chi connectivity index (χ1v) is 22.9. The average Bonchev–Trinajstić information content (AvgIpc) is 3.21. The van der Waals surface area contributed by atoms with Crippen molar-refractivity contribution < 1.29 is 63.1 Å². The summed E-state index contributed by atoms with van der Waals surface area (Å²) < 4.78 is 33.4. The molecule has 0 amide bonds. The highest BCUT2D eigenvalue weighted by atomic mass is 31.2. The van der Waals surface area contributed by atoms with Crippen molar-refractivity contribution in [1.29, 1.82) is 0 Å². The third-order valence-corrected chi connectivity index (χ3v) is 10.2. The Hall–Kier alpha value is -2.97. The van der Waals surface area contributed by atoms with Crippen molar-refractivity contribution in [2.75, 3.05) is 13.2 Å². The van der Waals surface area contributed by atoms with Gasteiger partial charge in [-0.05, 0) is 83.5 Å². The van der Waals surface area contributed by atoms with E-state index in [0.717, 1.165) is 89.9 Å². The summed E-state index contributed by atoms with van der Waals surface area (Å²) in [6.45, 7) is 2.99. The summed E-state index contributed by atoms with van der Waals surface area (Å²) in [5.74, 6) is -1.18. The zero-order valence-electron chi connectivity index (χ0n) is 35.3. The van der Waals surface area contributed by atoms with E-state index in [1.807, 2.05) is 0 Å². The van der Waals surface area contributed by atoms with Crippen molar-refractivity contribution in [2.45, 2.75) is 172 Å². The molecule has 1 aliphatic carbocycles. The Morgan fingerprint density at radius 3 is 1.42 bits per heavy atom. The van der Waals surface area contributed by atoms with Gasteiger partial charge in [-0.3, -0.25) is 18.6 Å². The van der Waals surface area contributed by atoms with Crippen LogP contribution in [0.25, 0.3) is 0 Å². The molecule has 0 spiro atoms. The number of carbonyl (C=O) groups is 2. The van der Waals surface area contributed by atoms with E-state index < -0.39 is 75.7 Å². The van der Waals surface area contributed by atoms with Crippen LogP contribution in [0.3, 0.4) is 0 Å². The first-order chi connectivity index (χ1) is 28.4. The molecule has 336 valence electrons. The third-order valence-electron chi connectivity index (χ3n) is 9.23. The zero-order valence-corrected chi connectivity index (χ0v) is 36.1. The molecule has 0 heterocycles. The first kappa shape index (κ1) is 54.0. The monoisotopic (exact) mass is 852 g/mol. The number of ether oxygens (including phenoxy) is 2. The number of rotatable bonds is 33. The van der Waals surface area contributed by atoms with Crippen LogP contribution in [0.2, 0.25) is 0 Å². The topological polar surface area (TPSA) is 210 Å². The number of esters is 2. The average molecular weight is 853 g/mol. The number of phosphoric acid groups is 1. The summed E-state index contributed by atoms with van der Waals surface area (Å²) in [4.78, 5) is 35.6. The van der Waals surface area contributed by atoms with Crippen molar-refractivity contribution in [2.24, 2.45) is 0 Å². The number of allylic oxidation sites excluding steroid dienone is 14.